The van der Waals surface area contributed by atoms with Crippen LogP contribution < -0.4 is 9.46 Å². The molecule has 2 aromatic heterocycles. The van der Waals surface area contributed by atoms with Crippen LogP contribution in [0, 0.1) is 0 Å². The molecule has 0 unspecified atom stereocenters. The topological polar surface area (TPSA) is 86.1 Å². The van der Waals surface area contributed by atoms with Crippen molar-refractivity contribution in [3.8, 4) is 5.75 Å². The number of aromatic nitrogens is 3. The number of nitrogens with one attached hydrogen (secondary N) is 1. The predicted octanol–water partition coefficient (Wildman–Crippen LogP) is 2.16. The Bertz CT molecular complexity index is 881. The number of sulfonamides is 1. The molecule has 0 aliphatic heterocycles. The predicted molar refractivity (Wildman–Crippen MR) is 89.2 cm³/mol. The van der Waals surface area contributed by atoms with Crippen LogP contribution in [0.2, 0.25) is 0 Å². The second-order valence-electron chi connectivity index (χ2n) is 4.94. The van der Waals surface area contributed by atoms with Crippen LogP contribution in [0.4, 0.5) is 5.69 Å². The summed E-state index contributed by atoms with van der Waals surface area (Å²) < 4.78 is 34.9. The van der Waals surface area contributed by atoms with Crippen molar-refractivity contribution in [2.45, 2.75) is 11.4 Å². The van der Waals surface area contributed by atoms with Gasteiger partial charge in [-0.05, 0) is 24.3 Å². The fourth-order valence-corrected chi connectivity index (χ4v) is 3.10. The fraction of sp³-hybridized carbons (Fsp3) is 0.125. The molecular weight excluding hydrogens is 328 g/mol. The summed E-state index contributed by atoms with van der Waals surface area (Å²) in [6, 6.07) is 9.95. The van der Waals surface area contributed by atoms with Gasteiger partial charge < -0.3 is 9.30 Å². The number of rotatable bonds is 7. The summed E-state index contributed by atoms with van der Waals surface area (Å²) in [5.41, 5.74) is 0.381. The Morgan fingerprint density at radius 3 is 2.71 bits per heavy atom. The molecule has 24 heavy (non-hydrogen) atoms. The van der Waals surface area contributed by atoms with Crippen LogP contribution in [-0.2, 0) is 16.6 Å². The van der Waals surface area contributed by atoms with E-state index in [9.17, 15) is 8.42 Å². The molecule has 0 aliphatic rings. The lowest BCUT2D eigenvalue weighted by Gasteiger charge is -2.13. The first-order chi connectivity index (χ1) is 11.6. The van der Waals surface area contributed by atoms with Gasteiger partial charge in [0.25, 0.3) is 10.0 Å². The minimum absolute atomic E-state index is 0.0956. The molecule has 0 aliphatic carbocycles. The molecule has 0 spiro atoms. The Balaban J connectivity index is 1.72. The molecule has 3 rings (SSSR count). The number of hydrogen-bond donors (Lipinski definition) is 1. The number of nitrogens with zero attached hydrogens (tertiary/aromatic N) is 3. The zero-order valence-corrected chi connectivity index (χ0v) is 13.6. The SMILES string of the molecule is O=S(=O)(Nc1ccccc1OCCn1ccnc1)c1cccnc1. The van der Waals surface area contributed by atoms with E-state index in [-0.39, 0.29) is 4.90 Å². The quantitative estimate of drug-likeness (QED) is 0.710. The third-order valence-corrected chi connectivity index (χ3v) is 4.59. The summed E-state index contributed by atoms with van der Waals surface area (Å²) in [7, 11) is -3.71. The maximum atomic E-state index is 12.4. The number of ether oxygens (including phenoxy) is 1. The molecule has 1 N–H and O–H groups in total. The van der Waals surface area contributed by atoms with Crippen molar-refractivity contribution >= 4 is 15.7 Å². The number of anilines is 1. The van der Waals surface area contributed by atoms with E-state index in [1.807, 2.05) is 10.8 Å². The lowest BCUT2D eigenvalue weighted by molar-refractivity contribution is 0.300. The summed E-state index contributed by atoms with van der Waals surface area (Å²) in [6.45, 7) is 1.01. The second kappa shape index (κ2) is 7.14. The van der Waals surface area contributed by atoms with Gasteiger partial charge >= 0.3 is 0 Å². The molecule has 8 heteroatoms. The van der Waals surface area contributed by atoms with E-state index in [1.54, 1.807) is 42.9 Å². The summed E-state index contributed by atoms with van der Waals surface area (Å²) in [5, 5.41) is 0. The highest BCUT2D eigenvalue weighted by Gasteiger charge is 2.16. The Hall–Kier alpha value is -2.87. The average Bonchev–Trinajstić information content (AvgIpc) is 3.10. The van der Waals surface area contributed by atoms with Gasteiger partial charge in [0.1, 0.15) is 17.3 Å². The maximum Gasteiger partial charge on any atom is 0.263 e. The molecule has 0 saturated carbocycles. The molecule has 0 amide bonds. The highest BCUT2D eigenvalue weighted by atomic mass is 32.2. The van der Waals surface area contributed by atoms with Gasteiger partial charge in [-0.1, -0.05) is 12.1 Å². The maximum absolute atomic E-state index is 12.4. The van der Waals surface area contributed by atoms with Crippen LogP contribution in [0.3, 0.4) is 0 Å². The molecule has 0 atom stereocenters. The fourth-order valence-electron chi connectivity index (χ4n) is 2.07. The molecule has 124 valence electrons. The first-order valence-corrected chi connectivity index (χ1v) is 8.74. The molecular formula is C16H16N4O3S. The van der Waals surface area contributed by atoms with Crippen LogP contribution in [0.25, 0.3) is 0 Å². The van der Waals surface area contributed by atoms with Crippen molar-refractivity contribution in [2.24, 2.45) is 0 Å². The minimum atomic E-state index is -3.71. The Morgan fingerprint density at radius 1 is 1.08 bits per heavy atom. The number of para-hydroxylation sites is 2. The Kier molecular flexibility index (Phi) is 4.76. The molecule has 0 bridgehead atoms. The molecule has 0 saturated heterocycles. The molecule has 2 heterocycles. The van der Waals surface area contributed by atoms with E-state index < -0.39 is 10.0 Å². The lowest BCUT2D eigenvalue weighted by Crippen LogP contribution is -2.14. The first kappa shape index (κ1) is 16.0. The van der Waals surface area contributed by atoms with Crippen molar-refractivity contribution in [2.75, 3.05) is 11.3 Å². The molecule has 0 fully saturated rings. The number of hydrogen-bond acceptors (Lipinski definition) is 5. The van der Waals surface area contributed by atoms with E-state index in [0.29, 0.717) is 24.6 Å². The van der Waals surface area contributed by atoms with E-state index in [4.69, 9.17) is 4.74 Å². The summed E-state index contributed by atoms with van der Waals surface area (Å²) in [6.07, 6.45) is 8.04. The second-order valence-corrected chi connectivity index (χ2v) is 6.62. The smallest absolute Gasteiger partial charge is 0.263 e. The van der Waals surface area contributed by atoms with E-state index in [2.05, 4.69) is 14.7 Å². The zero-order chi connectivity index (χ0) is 16.8. The standard InChI is InChI=1S/C16H16N4O3S/c21-24(22,14-4-3-7-17-12-14)19-15-5-1-2-6-16(15)23-11-10-20-9-8-18-13-20/h1-9,12-13,19H,10-11H2. The van der Waals surface area contributed by atoms with E-state index in [1.165, 1.54) is 18.5 Å². The van der Waals surface area contributed by atoms with Gasteiger partial charge in [-0.2, -0.15) is 0 Å². The molecule has 3 aromatic rings. The van der Waals surface area contributed by atoms with E-state index >= 15 is 0 Å². The monoisotopic (exact) mass is 344 g/mol. The highest BCUT2D eigenvalue weighted by molar-refractivity contribution is 7.92. The third-order valence-electron chi connectivity index (χ3n) is 3.24. The van der Waals surface area contributed by atoms with Gasteiger partial charge in [0.05, 0.1) is 18.6 Å². The highest BCUT2D eigenvalue weighted by Crippen LogP contribution is 2.26. The average molecular weight is 344 g/mol. The van der Waals surface area contributed by atoms with Gasteiger partial charge in [0.15, 0.2) is 0 Å². The molecule has 0 radical (unpaired) electrons. The van der Waals surface area contributed by atoms with Gasteiger partial charge in [0.2, 0.25) is 0 Å². The Morgan fingerprint density at radius 2 is 1.96 bits per heavy atom. The van der Waals surface area contributed by atoms with Crippen molar-refractivity contribution < 1.29 is 13.2 Å². The van der Waals surface area contributed by atoms with Gasteiger partial charge in [-0.25, -0.2) is 13.4 Å². The summed E-state index contributed by atoms with van der Waals surface area (Å²) in [4.78, 5) is 7.89. The normalized spacial score (nSPS) is 11.2. The number of pyridine rings is 1. The molecule has 1 aromatic carbocycles. The third kappa shape index (κ3) is 3.90. The van der Waals surface area contributed by atoms with Crippen LogP contribution in [0.5, 0.6) is 5.75 Å². The lowest BCUT2D eigenvalue weighted by atomic mass is 10.3. The number of benzene rings is 1. The minimum Gasteiger partial charge on any atom is -0.490 e. The Labute approximate surface area is 140 Å². The van der Waals surface area contributed by atoms with Crippen molar-refractivity contribution in [1.29, 1.82) is 0 Å². The largest absolute Gasteiger partial charge is 0.490 e. The number of imidazole rings is 1. The van der Waals surface area contributed by atoms with Crippen LogP contribution in [-0.4, -0.2) is 29.6 Å². The van der Waals surface area contributed by atoms with Gasteiger partial charge in [-0.15, -0.1) is 0 Å². The zero-order valence-electron chi connectivity index (χ0n) is 12.7. The van der Waals surface area contributed by atoms with Crippen molar-refractivity contribution in [3.05, 3.63) is 67.5 Å². The van der Waals surface area contributed by atoms with Crippen molar-refractivity contribution in [3.63, 3.8) is 0 Å². The van der Waals surface area contributed by atoms with Gasteiger partial charge in [0, 0.05) is 24.8 Å². The van der Waals surface area contributed by atoms with Crippen LogP contribution in [0.15, 0.2) is 72.4 Å². The van der Waals surface area contributed by atoms with Gasteiger partial charge in [-0.3, -0.25) is 9.71 Å². The first-order valence-electron chi connectivity index (χ1n) is 7.25. The van der Waals surface area contributed by atoms with Crippen LogP contribution in [0.1, 0.15) is 0 Å². The van der Waals surface area contributed by atoms with E-state index in [0.717, 1.165) is 0 Å². The van der Waals surface area contributed by atoms with Crippen molar-refractivity contribution in [1.82, 2.24) is 14.5 Å². The summed E-state index contributed by atoms with van der Waals surface area (Å²) in [5.74, 6) is 0.463. The summed E-state index contributed by atoms with van der Waals surface area (Å²) >= 11 is 0. The van der Waals surface area contributed by atoms with Crippen LogP contribution >= 0.6 is 0 Å². The molecule has 7 nitrogen and oxygen atoms in total.